The molecule has 0 fully saturated rings. The van der Waals surface area contributed by atoms with Gasteiger partial charge < -0.3 is 5.73 Å². The van der Waals surface area contributed by atoms with Crippen LogP contribution in [-0.2, 0) is 7.05 Å². The minimum absolute atomic E-state index is 0.689. The number of halogens is 1. The normalized spacial score (nSPS) is 10.8. The SMILES string of the molecule is Cc1cccc(-c2c(-c3ccc(I)cc3)nn(C)c2N)c1. The Morgan fingerprint density at radius 2 is 1.76 bits per heavy atom. The summed E-state index contributed by atoms with van der Waals surface area (Å²) in [6.45, 7) is 2.08. The van der Waals surface area contributed by atoms with E-state index >= 15 is 0 Å². The van der Waals surface area contributed by atoms with E-state index < -0.39 is 0 Å². The van der Waals surface area contributed by atoms with Crippen LogP contribution >= 0.6 is 22.6 Å². The first kappa shape index (κ1) is 14.1. The lowest BCUT2D eigenvalue weighted by atomic mass is 9.99. The molecule has 2 aromatic carbocycles. The Kier molecular flexibility index (Phi) is 3.71. The summed E-state index contributed by atoms with van der Waals surface area (Å²) in [5, 5.41) is 4.61. The van der Waals surface area contributed by atoms with Crippen LogP contribution in [0.3, 0.4) is 0 Å². The number of hydrogen-bond acceptors (Lipinski definition) is 2. The molecular weight excluding hydrogens is 373 g/mol. The largest absolute Gasteiger partial charge is 0.383 e. The maximum absolute atomic E-state index is 6.25. The van der Waals surface area contributed by atoms with Gasteiger partial charge >= 0.3 is 0 Å². The summed E-state index contributed by atoms with van der Waals surface area (Å²) in [6.07, 6.45) is 0. The van der Waals surface area contributed by atoms with Gasteiger partial charge in [0.25, 0.3) is 0 Å². The predicted octanol–water partition coefficient (Wildman–Crippen LogP) is 4.25. The zero-order valence-corrected chi connectivity index (χ0v) is 14.1. The first-order valence-corrected chi connectivity index (χ1v) is 7.79. The number of nitrogens with two attached hydrogens (primary N) is 1. The van der Waals surface area contributed by atoms with Crippen LogP contribution in [0.5, 0.6) is 0 Å². The summed E-state index contributed by atoms with van der Waals surface area (Å²) >= 11 is 2.30. The van der Waals surface area contributed by atoms with Crippen molar-refractivity contribution in [3.63, 3.8) is 0 Å². The molecule has 0 aliphatic heterocycles. The van der Waals surface area contributed by atoms with Gasteiger partial charge in [-0.2, -0.15) is 5.10 Å². The van der Waals surface area contributed by atoms with E-state index in [9.17, 15) is 0 Å². The second-order valence-corrected chi connectivity index (χ2v) is 6.35. The molecular formula is C17H16IN3. The molecule has 0 aliphatic rings. The van der Waals surface area contributed by atoms with E-state index in [1.54, 1.807) is 4.68 Å². The van der Waals surface area contributed by atoms with Gasteiger partial charge in [0.15, 0.2) is 0 Å². The predicted molar refractivity (Wildman–Crippen MR) is 95.9 cm³/mol. The lowest BCUT2D eigenvalue weighted by Crippen LogP contribution is -1.98. The Morgan fingerprint density at radius 3 is 2.43 bits per heavy atom. The highest BCUT2D eigenvalue weighted by Crippen LogP contribution is 2.36. The van der Waals surface area contributed by atoms with Crippen LogP contribution in [0.1, 0.15) is 5.56 Å². The van der Waals surface area contributed by atoms with Gasteiger partial charge in [0.2, 0.25) is 0 Å². The second kappa shape index (κ2) is 5.52. The second-order valence-electron chi connectivity index (χ2n) is 5.11. The monoisotopic (exact) mass is 389 g/mol. The van der Waals surface area contributed by atoms with Crippen LogP contribution in [0.2, 0.25) is 0 Å². The molecule has 0 saturated heterocycles. The number of aromatic nitrogens is 2. The number of nitrogen functional groups attached to an aromatic ring is 1. The average molecular weight is 389 g/mol. The zero-order valence-electron chi connectivity index (χ0n) is 12.0. The molecule has 3 aromatic rings. The Balaban J connectivity index is 2.23. The Bertz CT molecular complexity index is 788. The van der Waals surface area contributed by atoms with Crippen LogP contribution in [0, 0.1) is 10.5 Å². The quantitative estimate of drug-likeness (QED) is 0.666. The van der Waals surface area contributed by atoms with Crippen molar-refractivity contribution in [2.24, 2.45) is 7.05 Å². The van der Waals surface area contributed by atoms with Crippen LogP contribution < -0.4 is 5.73 Å². The van der Waals surface area contributed by atoms with Crippen molar-refractivity contribution in [1.29, 1.82) is 0 Å². The van der Waals surface area contributed by atoms with E-state index in [2.05, 4.69) is 83.1 Å². The molecule has 0 unspecified atom stereocenters. The number of hydrogen-bond donors (Lipinski definition) is 1. The molecule has 0 radical (unpaired) electrons. The number of benzene rings is 2. The molecule has 1 aromatic heterocycles. The summed E-state index contributed by atoms with van der Waals surface area (Å²) in [6, 6.07) is 16.7. The number of aryl methyl sites for hydroxylation is 2. The van der Waals surface area contributed by atoms with E-state index in [4.69, 9.17) is 5.73 Å². The first-order valence-electron chi connectivity index (χ1n) is 6.71. The highest BCUT2D eigenvalue weighted by atomic mass is 127. The first-order chi connectivity index (χ1) is 10.1. The van der Waals surface area contributed by atoms with Crippen LogP contribution in [0.4, 0.5) is 5.82 Å². The third kappa shape index (κ3) is 2.68. The van der Waals surface area contributed by atoms with Crippen LogP contribution in [0.15, 0.2) is 48.5 Å². The van der Waals surface area contributed by atoms with Gasteiger partial charge in [-0.05, 0) is 47.2 Å². The molecule has 106 valence electrons. The fraction of sp³-hybridized carbons (Fsp3) is 0.118. The molecule has 0 spiro atoms. The van der Waals surface area contributed by atoms with Gasteiger partial charge in [0.1, 0.15) is 11.5 Å². The van der Waals surface area contributed by atoms with Gasteiger partial charge in [-0.25, -0.2) is 0 Å². The Hall–Kier alpha value is -1.82. The molecule has 0 aliphatic carbocycles. The highest BCUT2D eigenvalue weighted by molar-refractivity contribution is 14.1. The standard InChI is InChI=1S/C17H16IN3/c1-11-4-3-5-13(10-11)15-16(20-21(2)17(15)19)12-6-8-14(18)9-7-12/h3-10H,19H2,1-2H3. The Labute approximate surface area is 137 Å². The smallest absolute Gasteiger partial charge is 0.129 e. The third-order valence-corrected chi connectivity index (χ3v) is 4.24. The number of nitrogens with zero attached hydrogens (tertiary/aromatic N) is 2. The highest BCUT2D eigenvalue weighted by Gasteiger charge is 2.17. The fourth-order valence-corrected chi connectivity index (χ4v) is 2.79. The molecule has 0 atom stereocenters. The summed E-state index contributed by atoms with van der Waals surface area (Å²) in [5.74, 6) is 0.689. The summed E-state index contributed by atoms with van der Waals surface area (Å²) in [5.41, 5.74) is 11.6. The minimum atomic E-state index is 0.689. The zero-order chi connectivity index (χ0) is 15.0. The fourth-order valence-electron chi connectivity index (χ4n) is 2.43. The van der Waals surface area contributed by atoms with E-state index in [-0.39, 0.29) is 0 Å². The molecule has 0 bridgehead atoms. The van der Waals surface area contributed by atoms with Gasteiger partial charge in [0, 0.05) is 16.2 Å². The van der Waals surface area contributed by atoms with Crippen molar-refractivity contribution in [1.82, 2.24) is 9.78 Å². The molecule has 3 rings (SSSR count). The van der Waals surface area contributed by atoms with Crippen molar-refractivity contribution in [3.8, 4) is 22.4 Å². The lowest BCUT2D eigenvalue weighted by Gasteiger charge is -2.06. The molecule has 0 amide bonds. The maximum Gasteiger partial charge on any atom is 0.129 e. The summed E-state index contributed by atoms with van der Waals surface area (Å²) in [4.78, 5) is 0. The lowest BCUT2D eigenvalue weighted by molar-refractivity contribution is 0.782. The molecule has 0 saturated carbocycles. The van der Waals surface area contributed by atoms with Gasteiger partial charge in [-0.15, -0.1) is 0 Å². The van der Waals surface area contributed by atoms with Gasteiger partial charge in [-0.1, -0.05) is 42.0 Å². The number of anilines is 1. The van der Waals surface area contributed by atoms with Crippen molar-refractivity contribution >= 4 is 28.4 Å². The van der Waals surface area contributed by atoms with Crippen molar-refractivity contribution in [2.75, 3.05) is 5.73 Å². The summed E-state index contributed by atoms with van der Waals surface area (Å²) < 4.78 is 2.95. The molecule has 2 N–H and O–H groups in total. The van der Waals surface area contributed by atoms with E-state index in [1.807, 2.05) is 7.05 Å². The molecule has 3 nitrogen and oxygen atoms in total. The Morgan fingerprint density at radius 1 is 1.05 bits per heavy atom. The van der Waals surface area contributed by atoms with Crippen LogP contribution in [-0.4, -0.2) is 9.78 Å². The maximum atomic E-state index is 6.25. The van der Waals surface area contributed by atoms with Crippen molar-refractivity contribution < 1.29 is 0 Å². The average Bonchev–Trinajstić information content (AvgIpc) is 2.76. The van der Waals surface area contributed by atoms with Crippen LogP contribution in [0.25, 0.3) is 22.4 Å². The van der Waals surface area contributed by atoms with Gasteiger partial charge in [-0.3, -0.25) is 4.68 Å². The van der Waals surface area contributed by atoms with Crippen molar-refractivity contribution in [3.05, 3.63) is 57.7 Å². The molecule has 1 heterocycles. The molecule has 21 heavy (non-hydrogen) atoms. The van der Waals surface area contributed by atoms with E-state index in [0.29, 0.717) is 5.82 Å². The topological polar surface area (TPSA) is 43.8 Å². The minimum Gasteiger partial charge on any atom is -0.383 e. The molecule has 4 heteroatoms. The third-order valence-electron chi connectivity index (χ3n) is 3.52. The number of rotatable bonds is 2. The summed E-state index contributed by atoms with van der Waals surface area (Å²) in [7, 11) is 1.88. The van der Waals surface area contributed by atoms with E-state index in [0.717, 1.165) is 22.4 Å². The van der Waals surface area contributed by atoms with Crippen molar-refractivity contribution in [2.45, 2.75) is 6.92 Å². The van der Waals surface area contributed by atoms with Gasteiger partial charge in [0.05, 0.1) is 5.56 Å². The van der Waals surface area contributed by atoms with E-state index in [1.165, 1.54) is 9.13 Å².